The predicted octanol–water partition coefficient (Wildman–Crippen LogP) is 1.79. The highest BCUT2D eigenvalue weighted by atomic mass is 32.2. The number of carboxylic acids is 1. The Balaban J connectivity index is 3.07. The van der Waals surface area contributed by atoms with E-state index in [0.29, 0.717) is 5.56 Å². The minimum atomic E-state index is -3.82. The molecule has 0 unspecified atom stereocenters. The third-order valence-electron chi connectivity index (χ3n) is 2.98. The lowest BCUT2D eigenvalue weighted by atomic mass is 10.0. The quantitative estimate of drug-likeness (QED) is 0.833. The second-order valence-electron chi connectivity index (χ2n) is 5.48. The zero-order valence-corrected chi connectivity index (χ0v) is 13.0. The van der Waals surface area contributed by atoms with Crippen LogP contribution in [0.1, 0.15) is 37.8 Å². The van der Waals surface area contributed by atoms with Crippen molar-refractivity contribution in [2.24, 2.45) is 0 Å². The van der Waals surface area contributed by atoms with E-state index in [1.807, 2.05) is 6.07 Å². The smallest absolute Gasteiger partial charge is 0.303 e. The van der Waals surface area contributed by atoms with Crippen molar-refractivity contribution in [3.05, 3.63) is 29.3 Å². The fourth-order valence-corrected chi connectivity index (χ4v) is 3.56. The van der Waals surface area contributed by atoms with Crippen LogP contribution in [0.4, 0.5) is 0 Å². The average Bonchev–Trinajstić information content (AvgIpc) is 2.35. The molecule has 0 bridgehead atoms. The molecule has 21 heavy (non-hydrogen) atoms. The zero-order chi connectivity index (χ0) is 16.3. The highest BCUT2D eigenvalue weighted by Gasteiger charge is 2.28. The number of nitrogens with zero attached hydrogens (tertiary/aromatic N) is 1. The van der Waals surface area contributed by atoms with Crippen molar-refractivity contribution in [3.63, 3.8) is 0 Å². The first-order chi connectivity index (χ1) is 9.57. The maximum absolute atomic E-state index is 12.4. The Kier molecular flexibility index (Phi) is 5.10. The lowest BCUT2D eigenvalue weighted by Crippen LogP contribution is -2.43. The first kappa shape index (κ1) is 17.1. The normalized spacial score (nSPS) is 11.9. The molecule has 0 aliphatic heterocycles. The lowest BCUT2D eigenvalue weighted by Gasteiger charge is -2.25. The molecular weight excluding hydrogens is 292 g/mol. The Hall–Kier alpha value is -1.91. The number of hydrogen-bond donors (Lipinski definition) is 2. The third-order valence-corrected chi connectivity index (χ3v) is 4.82. The standard InChI is InChI=1S/C14H18N2O4S/c1-10-4-5-11(9-15)8-12(10)21(19,20)16-14(2,3)7-6-13(17)18/h4-5,8,16H,6-7H2,1-3H3,(H,17,18). The first-order valence-electron chi connectivity index (χ1n) is 6.34. The van der Waals surface area contributed by atoms with Crippen LogP contribution in [0.25, 0.3) is 0 Å². The number of benzene rings is 1. The molecule has 0 saturated heterocycles. The molecule has 1 rings (SSSR count). The Morgan fingerprint density at radius 3 is 2.57 bits per heavy atom. The van der Waals surface area contributed by atoms with Crippen LogP contribution in [0.3, 0.4) is 0 Å². The van der Waals surface area contributed by atoms with Crippen molar-refractivity contribution in [2.45, 2.75) is 44.0 Å². The number of aryl methyl sites for hydroxylation is 1. The van der Waals surface area contributed by atoms with Crippen LogP contribution in [-0.4, -0.2) is 25.0 Å². The monoisotopic (exact) mass is 310 g/mol. The number of nitrogens with one attached hydrogen (secondary N) is 1. The van der Waals surface area contributed by atoms with Crippen LogP contribution in [0.15, 0.2) is 23.1 Å². The topological polar surface area (TPSA) is 107 Å². The van der Waals surface area contributed by atoms with Crippen LogP contribution < -0.4 is 4.72 Å². The van der Waals surface area contributed by atoms with E-state index in [-0.39, 0.29) is 23.3 Å². The van der Waals surface area contributed by atoms with E-state index >= 15 is 0 Å². The van der Waals surface area contributed by atoms with Gasteiger partial charge < -0.3 is 5.11 Å². The number of rotatable bonds is 6. The molecule has 0 radical (unpaired) electrons. The van der Waals surface area contributed by atoms with Crippen molar-refractivity contribution >= 4 is 16.0 Å². The number of sulfonamides is 1. The molecule has 0 aliphatic carbocycles. The van der Waals surface area contributed by atoms with E-state index in [9.17, 15) is 13.2 Å². The second kappa shape index (κ2) is 6.24. The van der Waals surface area contributed by atoms with Gasteiger partial charge in [0.15, 0.2) is 0 Å². The van der Waals surface area contributed by atoms with Crippen molar-refractivity contribution < 1.29 is 18.3 Å². The Morgan fingerprint density at radius 2 is 2.05 bits per heavy atom. The molecule has 0 amide bonds. The molecule has 0 spiro atoms. The lowest BCUT2D eigenvalue weighted by molar-refractivity contribution is -0.137. The average molecular weight is 310 g/mol. The summed E-state index contributed by atoms with van der Waals surface area (Å²) in [4.78, 5) is 10.6. The molecule has 0 atom stereocenters. The van der Waals surface area contributed by atoms with Gasteiger partial charge in [-0.1, -0.05) is 6.07 Å². The molecule has 7 heteroatoms. The van der Waals surface area contributed by atoms with E-state index in [1.165, 1.54) is 6.07 Å². The first-order valence-corrected chi connectivity index (χ1v) is 7.82. The maximum Gasteiger partial charge on any atom is 0.303 e. The fraction of sp³-hybridized carbons (Fsp3) is 0.429. The van der Waals surface area contributed by atoms with Crippen molar-refractivity contribution in [1.82, 2.24) is 4.72 Å². The minimum absolute atomic E-state index is 0.0324. The minimum Gasteiger partial charge on any atom is -0.481 e. The van der Waals surface area contributed by atoms with E-state index in [4.69, 9.17) is 10.4 Å². The number of aliphatic carboxylic acids is 1. The summed E-state index contributed by atoms with van der Waals surface area (Å²) in [6, 6.07) is 6.32. The van der Waals surface area contributed by atoms with Crippen molar-refractivity contribution in [3.8, 4) is 6.07 Å². The van der Waals surface area contributed by atoms with Crippen LogP contribution in [0.2, 0.25) is 0 Å². The highest BCUT2D eigenvalue weighted by molar-refractivity contribution is 7.89. The van der Waals surface area contributed by atoms with Gasteiger partial charge in [0.2, 0.25) is 10.0 Å². The van der Waals surface area contributed by atoms with Gasteiger partial charge in [-0.25, -0.2) is 13.1 Å². The van der Waals surface area contributed by atoms with E-state index in [2.05, 4.69) is 4.72 Å². The van der Waals surface area contributed by atoms with Crippen LogP contribution in [-0.2, 0) is 14.8 Å². The van der Waals surface area contributed by atoms with Crippen LogP contribution >= 0.6 is 0 Å². The molecule has 114 valence electrons. The number of carboxylic acid groups (broad SMARTS) is 1. The van der Waals surface area contributed by atoms with Gasteiger partial charge in [0.25, 0.3) is 0 Å². The van der Waals surface area contributed by atoms with Gasteiger partial charge in [0, 0.05) is 12.0 Å². The van der Waals surface area contributed by atoms with Gasteiger partial charge in [-0.05, 0) is 44.9 Å². The summed E-state index contributed by atoms with van der Waals surface area (Å²) in [7, 11) is -3.82. The summed E-state index contributed by atoms with van der Waals surface area (Å²) in [6.45, 7) is 4.88. The summed E-state index contributed by atoms with van der Waals surface area (Å²) in [6.07, 6.45) is 0.0330. The molecule has 0 aromatic heterocycles. The summed E-state index contributed by atoms with van der Waals surface area (Å²) in [5, 5.41) is 17.6. The van der Waals surface area contributed by atoms with Crippen LogP contribution in [0.5, 0.6) is 0 Å². The van der Waals surface area contributed by atoms with Gasteiger partial charge >= 0.3 is 5.97 Å². The molecule has 1 aromatic carbocycles. The number of nitriles is 1. The molecule has 0 aliphatic rings. The Morgan fingerprint density at radius 1 is 1.43 bits per heavy atom. The SMILES string of the molecule is Cc1ccc(C#N)cc1S(=O)(=O)NC(C)(C)CCC(=O)O. The largest absolute Gasteiger partial charge is 0.481 e. The summed E-state index contributed by atoms with van der Waals surface area (Å²) < 4.78 is 27.3. The number of hydrogen-bond acceptors (Lipinski definition) is 4. The van der Waals surface area contributed by atoms with Gasteiger partial charge in [-0.15, -0.1) is 0 Å². The van der Waals surface area contributed by atoms with Gasteiger partial charge in [0.1, 0.15) is 0 Å². The molecule has 6 nitrogen and oxygen atoms in total. The van der Waals surface area contributed by atoms with Crippen molar-refractivity contribution in [1.29, 1.82) is 5.26 Å². The fourth-order valence-electron chi connectivity index (χ4n) is 1.85. The van der Waals surface area contributed by atoms with E-state index < -0.39 is 21.5 Å². The molecule has 0 saturated carbocycles. The zero-order valence-electron chi connectivity index (χ0n) is 12.2. The highest BCUT2D eigenvalue weighted by Crippen LogP contribution is 2.21. The van der Waals surface area contributed by atoms with Crippen molar-refractivity contribution in [2.75, 3.05) is 0 Å². The second-order valence-corrected chi connectivity index (χ2v) is 7.13. The summed E-state index contributed by atoms with van der Waals surface area (Å²) >= 11 is 0. The summed E-state index contributed by atoms with van der Waals surface area (Å²) in [5.41, 5.74) is -0.119. The molecule has 0 fully saturated rings. The van der Waals surface area contributed by atoms with E-state index in [0.717, 1.165) is 0 Å². The van der Waals surface area contributed by atoms with Crippen LogP contribution in [0, 0.1) is 18.3 Å². The summed E-state index contributed by atoms with van der Waals surface area (Å²) in [5.74, 6) is -0.982. The van der Waals surface area contributed by atoms with Gasteiger partial charge in [0.05, 0.1) is 16.5 Å². The molecule has 0 heterocycles. The van der Waals surface area contributed by atoms with Gasteiger partial charge in [-0.3, -0.25) is 4.79 Å². The third kappa shape index (κ3) is 4.85. The maximum atomic E-state index is 12.4. The Labute approximate surface area is 124 Å². The number of carbonyl (C=O) groups is 1. The van der Waals surface area contributed by atoms with Gasteiger partial charge in [-0.2, -0.15) is 5.26 Å². The Bertz CT molecular complexity index is 687. The predicted molar refractivity (Wildman–Crippen MR) is 77.2 cm³/mol. The molecule has 1 aromatic rings. The van der Waals surface area contributed by atoms with E-state index in [1.54, 1.807) is 32.9 Å². The molecule has 2 N–H and O–H groups in total. The molecular formula is C14H18N2O4S.